The second-order valence-electron chi connectivity index (χ2n) is 13.7. The maximum absolute atomic E-state index is 13.4. The third-order valence-electron chi connectivity index (χ3n) is 8.93. The Bertz CT molecular complexity index is 2460. The molecule has 4 rings (SSSR count). The second kappa shape index (κ2) is 26.3. The van der Waals surface area contributed by atoms with E-state index in [2.05, 4.69) is 13.2 Å². The number of halogens is 2. The van der Waals surface area contributed by atoms with Crippen LogP contribution in [0.5, 0.6) is 23.0 Å². The van der Waals surface area contributed by atoms with Crippen molar-refractivity contribution in [3.8, 4) is 23.0 Å². The lowest BCUT2D eigenvalue weighted by Gasteiger charge is -2.29. The van der Waals surface area contributed by atoms with Crippen molar-refractivity contribution in [2.24, 2.45) is 0 Å². The molecule has 68 heavy (non-hydrogen) atoms. The number of esters is 6. The van der Waals surface area contributed by atoms with Gasteiger partial charge in [0, 0.05) is 61.8 Å². The fraction of sp³-hybridized carbons (Fsp3) is 0.250. The summed E-state index contributed by atoms with van der Waals surface area (Å²) >= 11 is 10.8. The number of methoxy groups -OCH3 is 4. The van der Waals surface area contributed by atoms with Gasteiger partial charge in [0.25, 0.3) is 11.6 Å². The molecule has 0 bridgehead atoms. The normalized spacial score (nSPS) is 10.8. The van der Waals surface area contributed by atoms with Crippen molar-refractivity contribution in [2.45, 2.75) is 25.4 Å². The van der Waals surface area contributed by atoms with Crippen molar-refractivity contribution in [3.63, 3.8) is 0 Å². The van der Waals surface area contributed by atoms with E-state index in [0.717, 1.165) is 0 Å². The molecule has 0 amide bonds. The Hall–Kier alpha value is -7.06. The predicted molar refractivity (Wildman–Crippen MR) is 241 cm³/mol. The Kier molecular flexibility index (Phi) is 21.4. The van der Waals surface area contributed by atoms with Crippen molar-refractivity contribution >= 4 is 70.6 Å². The maximum Gasteiger partial charge on any atom is 0.349 e. The van der Waals surface area contributed by atoms with E-state index in [1.807, 2.05) is 0 Å². The number of Topliss-reactive ketones (excluding diaryl/α,β-unsaturated/α-hetero) is 2. The lowest BCUT2D eigenvalue weighted by Crippen LogP contribution is -2.40. The van der Waals surface area contributed by atoms with Gasteiger partial charge in [0.1, 0.15) is 34.8 Å². The summed E-state index contributed by atoms with van der Waals surface area (Å²) in [6.07, 6.45) is 0. The van der Waals surface area contributed by atoms with Crippen LogP contribution in [0.25, 0.3) is 0 Å². The van der Waals surface area contributed by atoms with Crippen molar-refractivity contribution in [3.05, 3.63) is 144 Å². The zero-order valence-electron chi connectivity index (χ0n) is 37.6. The van der Waals surface area contributed by atoms with Crippen molar-refractivity contribution in [1.82, 2.24) is 0 Å². The van der Waals surface area contributed by atoms with Crippen LogP contribution in [-0.4, -0.2) is 101 Å². The second-order valence-corrected chi connectivity index (χ2v) is 14.2. The Balaban J connectivity index is 0.000000376. The van der Waals surface area contributed by atoms with Gasteiger partial charge < -0.3 is 47.4 Å². The average molecular weight is 982 g/mol. The number of carbonyl (C=O) groups is 8. The number of alkyl halides is 2. The summed E-state index contributed by atoms with van der Waals surface area (Å²) in [4.78, 5) is 95.7. The van der Waals surface area contributed by atoms with Crippen LogP contribution in [0.4, 0.5) is 0 Å². The first kappa shape index (κ1) is 55.3. The first-order valence-electron chi connectivity index (χ1n) is 19.6. The van der Waals surface area contributed by atoms with Crippen LogP contribution in [-0.2, 0) is 68.8 Å². The van der Waals surface area contributed by atoms with Gasteiger partial charge in [-0.2, -0.15) is 0 Å². The molecule has 0 aromatic heterocycles. The topological polar surface area (TPSA) is 229 Å². The van der Waals surface area contributed by atoms with E-state index >= 15 is 0 Å². The summed E-state index contributed by atoms with van der Waals surface area (Å²) in [5, 5.41) is 0. The SMILES string of the molecule is C=C(C)C(=O)OCC(=O)Oc1ccc(C(=O)C(OC)(OC)c2ccc(OC(=O)COC(=O)C(=C)C)cc2)cc1.COC(OC)(C(=O)c1ccc(OC(=O)CCl)cc1)c1ccc(OC(=O)CCl)cc1. The lowest BCUT2D eigenvalue weighted by molar-refractivity contribution is -0.176. The number of hydrogen-bond acceptors (Lipinski definition) is 18. The highest BCUT2D eigenvalue weighted by molar-refractivity contribution is 6.27. The zero-order chi connectivity index (χ0) is 50.6. The van der Waals surface area contributed by atoms with Crippen LogP contribution >= 0.6 is 23.2 Å². The quantitative estimate of drug-likeness (QED) is 0.0208. The highest BCUT2D eigenvalue weighted by Gasteiger charge is 2.43. The molecule has 0 heterocycles. The van der Waals surface area contributed by atoms with Gasteiger partial charge in [0.15, 0.2) is 13.2 Å². The van der Waals surface area contributed by atoms with Gasteiger partial charge in [0.2, 0.25) is 11.6 Å². The van der Waals surface area contributed by atoms with E-state index in [9.17, 15) is 38.4 Å². The summed E-state index contributed by atoms with van der Waals surface area (Å²) in [5.41, 5.74) is 1.39. The number of carbonyl (C=O) groups excluding carboxylic acids is 8. The largest absolute Gasteiger partial charge is 0.450 e. The van der Waals surface area contributed by atoms with E-state index in [1.54, 1.807) is 12.1 Å². The Labute approximate surface area is 400 Å². The summed E-state index contributed by atoms with van der Waals surface area (Å²) in [5.74, 6) is -8.74. The summed E-state index contributed by atoms with van der Waals surface area (Å²) < 4.78 is 51.5. The van der Waals surface area contributed by atoms with E-state index in [4.69, 9.17) is 70.6 Å². The van der Waals surface area contributed by atoms with E-state index < -0.39 is 72.2 Å². The minimum absolute atomic E-state index is 0.114. The Morgan fingerprint density at radius 2 is 0.676 bits per heavy atom. The van der Waals surface area contributed by atoms with E-state index in [1.165, 1.54) is 127 Å². The smallest absolute Gasteiger partial charge is 0.349 e. The Morgan fingerprint density at radius 3 is 0.912 bits per heavy atom. The fourth-order valence-corrected chi connectivity index (χ4v) is 5.73. The minimum Gasteiger partial charge on any atom is -0.450 e. The molecule has 360 valence electrons. The first-order valence-corrected chi connectivity index (χ1v) is 20.7. The molecule has 0 aliphatic rings. The van der Waals surface area contributed by atoms with E-state index in [0.29, 0.717) is 11.1 Å². The molecule has 0 fully saturated rings. The number of hydrogen-bond donors (Lipinski definition) is 0. The van der Waals surface area contributed by atoms with E-state index in [-0.39, 0.29) is 57.0 Å². The molecule has 0 atom stereocenters. The molecule has 4 aromatic rings. The van der Waals surface area contributed by atoms with Crippen LogP contribution in [0.1, 0.15) is 45.7 Å². The standard InChI is InChI=1S/C28H28O11.C20H18Cl2O7/c1-17(2)26(32)36-15-23(29)38-21-11-7-19(8-12-21)25(31)28(34-5,35-6)20-9-13-22(14-10-20)39-24(30)16-37-27(33)18(3)4;1-26-20(27-2,14-5-9-16(10-6-14)29-18(24)12-22)19(25)13-3-7-15(8-4-13)28-17(23)11-21/h7-14H,1,3,15-16H2,2,4-6H3;3-10H,11-12H2,1-2H3. The molecule has 0 radical (unpaired) electrons. The molecule has 0 aliphatic heterocycles. The zero-order valence-corrected chi connectivity index (χ0v) is 39.1. The van der Waals surface area contributed by atoms with Gasteiger partial charge in [-0.1, -0.05) is 13.2 Å². The van der Waals surface area contributed by atoms with Gasteiger partial charge in [-0.3, -0.25) is 19.2 Å². The van der Waals surface area contributed by atoms with Crippen molar-refractivity contribution in [1.29, 1.82) is 0 Å². The van der Waals surface area contributed by atoms with Crippen LogP contribution < -0.4 is 18.9 Å². The number of ketones is 2. The van der Waals surface area contributed by atoms with Crippen molar-refractivity contribution in [2.75, 3.05) is 53.4 Å². The highest BCUT2D eigenvalue weighted by atomic mass is 35.5. The predicted octanol–water partition coefficient (Wildman–Crippen LogP) is 6.37. The highest BCUT2D eigenvalue weighted by Crippen LogP contribution is 2.34. The molecule has 0 saturated heterocycles. The van der Waals surface area contributed by atoms with Crippen LogP contribution in [0.15, 0.2) is 121 Å². The van der Waals surface area contributed by atoms with Crippen LogP contribution in [0.2, 0.25) is 0 Å². The number of rotatable bonds is 22. The van der Waals surface area contributed by atoms with Gasteiger partial charge in [-0.25, -0.2) is 19.2 Å². The maximum atomic E-state index is 13.4. The molecule has 0 N–H and O–H groups in total. The van der Waals surface area contributed by atoms with Gasteiger partial charge >= 0.3 is 35.8 Å². The third kappa shape index (κ3) is 15.0. The molecule has 20 heteroatoms. The number of benzene rings is 4. The van der Waals surface area contributed by atoms with Crippen molar-refractivity contribution < 1.29 is 85.7 Å². The molecule has 18 nitrogen and oxygen atoms in total. The first-order chi connectivity index (χ1) is 32.3. The summed E-state index contributed by atoms with van der Waals surface area (Å²) in [7, 11) is 5.24. The van der Waals surface area contributed by atoms with Gasteiger partial charge in [-0.05, 0) is 111 Å². The van der Waals surface area contributed by atoms with Crippen LogP contribution in [0.3, 0.4) is 0 Å². The lowest BCUT2D eigenvalue weighted by atomic mass is 9.95. The number of ether oxygens (including phenoxy) is 10. The Morgan fingerprint density at radius 1 is 0.426 bits per heavy atom. The molecule has 0 spiro atoms. The van der Waals surface area contributed by atoms with Gasteiger partial charge in [0.05, 0.1) is 0 Å². The minimum atomic E-state index is -1.85. The molecular weight excluding hydrogens is 935 g/mol. The van der Waals surface area contributed by atoms with Crippen LogP contribution in [0, 0.1) is 0 Å². The molecule has 4 aromatic carbocycles. The fourth-order valence-electron chi connectivity index (χ4n) is 5.62. The summed E-state index contributed by atoms with van der Waals surface area (Å²) in [6.45, 7) is 8.52. The molecule has 0 unspecified atom stereocenters. The monoisotopic (exact) mass is 980 g/mol. The molecule has 0 aliphatic carbocycles. The summed E-state index contributed by atoms with van der Waals surface area (Å²) in [6, 6.07) is 23.3. The molecular formula is C48H46Cl2O18. The average Bonchev–Trinajstić information content (AvgIpc) is 3.34. The third-order valence-corrected chi connectivity index (χ3v) is 9.37. The molecule has 0 saturated carbocycles. The van der Waals surface area contributed by atoms with Gasteiger partial charge in [-0.15, -0.1) is 23.2 Å².